The minimum atomic E-state index is -0.764. The Bertz CT molecular complexity index is 79.5. The van der Waals surface area contributed by atoms with Crippen LogP contribution >= 0.6 is 0 Å². The van der Waals surface area contributed by atoms with Gasteiger partial charge in [-0.1, -0.05) is 0 Å². The van der Waals surface area contributed by atoms with Crippen molar-refractivity contribution < 1.29 is 0 Å². The standard InChI is InChI=1S/3C2H5.In.N3/c3*1-2;;1-3-2/h3*1H2,2H3;;/q;;;;-1. The molecule has 0 aliphatic carbocycles. The van der Waals surface area contributed by atoms with E-state index in [4.69, 9.17) is 11.1 Å². The van der Waals surface area contributed by atoms with E-state index in [0.29, 0.717) is 0 Å². The molecule has 4 heteroatoms. The Kier molecular flexibility index (Phi) is 15.3. The first-order valence-corrected chi connectivity index (χ1v) is 10.7. The van der Waals surface area contributed by atoms with Crippen molar-refractivity contribution >= 4 is 21.4 Å². The van der Waals surface area contributed by atoms with E-state index in [-0.39, 0.29) is 0 Å². The summed E-state index contributed by atoms with van der Waals surface area (Å²) < 4.78 is 4.69. The van der Waals surface area contributed by atoms with Crippen LogP contribution in [0.3, 0.4) is 0 Å². The van der Waals surface area contributed by atoms with Crippen LogP contribution in [0, 0.1) is 0 Å². The van der Waals surface area contributed by atoms with Crippen LogP contribution < -0.4 is 0 Å². The molecule has 0 spiro atoms. The molecule has 3 nitrogen and oxygen atoms in total. The van der Waals surface area contributed by atoms with Gasteiger partial charge in [-0.3, -0.25) is 4.91 Å². The SMILES string of the molecule is C[CH2][In]([CH2]C)[CH2]C.[N-]=[N+]=[N-]. The summed E-state index contributed by atoms with van der Waals surface area (Å²) in [7, 11) is 0. The molecule has 0 N–H and O–H groups in total. The fourth-order valence-electron chi connectivity index (χ4n) is 0.866. The van der Waals surface area contributed by atoms with Gasteiger partial charge in [0.25, 0.3) is 0 Å². The van der Waals surface area contributed by atoms with Crippen LogP contribution in [0.25, 0.3) is 16.0 Å². The zero-order valence-corrected chi connectivity index (χ0v) is 10.3. The van der Waals surface area contributed by atoms with Crippen LogP contribution in [0.4, 0.5) is 0 Å². The van der Waals surface area contributed by atoms with E-state index in [1.807, 2.05) is 0 Å². The Labute approximate surface area is 70.8 Å². The third-order valence-corrected chi connectivity index (χ3v) is 11.6. The molecule has 0 radical (unpaired) electrons. The number of nitrogens with zero attached hydrogens (tertiary/aromatic N) is 3. The average Bonchev–Trinajstić information content (AvgIpc) is 1.93. The third-order valence-electron chi connectivity index (χ3n) is 1.73. The maximum atomic E-state index is 6.75. The summed E-state index contributed by atoms with van der Waals surface area (Å²) in [6.45, 7) is 7.06. The van der Waals surface area contributed by atoms with Gasteiger partial charge in [0.1, 0.15) is 0 Å². The summed E-state index contributed by atoms with van der Waals surface area (Å²) in [6.07, 6.45) is 0. The Morgan fingerprint density at radius 3 is 1.20 bits per heavy atom. The molecular weight excluding hydrogens is 229 g/mol. The van der Waals surface area contributed by atoms with Gasteiger partial charge >= 0.3 is 54.7 Å². The molecule has 0 aromatic heterocycles. The van der Waals surface area contributed by atoms with Crippen molar-refractivity contribution in [3.63, 3.8) is 0 Å². The van der Waals surface area contributed by atoms with Crippen molar-refractivity contribution in [1.29, 1.82) is 0 Å². The Balaban J connectivity index is 0. The molecule has 0 fully saturated rings. The van der Waals surface area contributed by atoms with Crippen LogP contribution in [0.2, 0.25) is 12.5 Å². The molecule has 0 aromatic rings. The number of rotatable bonds is 3. The minimum absolute atomic E-state index is 0.764. The van der Waals surface area contributed by atoms with Gasteiger partial charge in [0, 0.05) is 0 Å². The fraction of sp³-hybridized carbons (Fsp3) is 1.00. The third kappa shape index (κ3) is 11.0. The van der Waals surface area contributed by atoms with Crippen molar-refractivity contribution in [2.45, 2.75) is 33.3 Å². The van der Waals surface area contributed by atoms with Gasteiger partial charge in [-0.2, -0.15) is 0 Å². The topological polar surface area (TPSA) is 58.7 Å². The fourth-order valence-corrected chi connectivity index (χ4v) is 5.81. The van der Waals surface area contributed by atoms with Crippen LogP contribution in [-0.2, 0) is 0 Å². The largest absolute Gasteiger partial charge is 0.373 e. The first-order chi connectivity index (χ1) is 4.76. The van der Waals surface area contributed by atoms with E-state index in [1.54, 1.807) is 12.5 Å². The molecule has 0 aliphatic rings. The van der Waals surface area contributed by atoms with Crippen molar-refractivity contribution in [2.75, 3.05) is 0 Å². The second-order valence-electron chi connectivity index (χ2n) is 2.18. The molecule has 0 unspecified atom stereocenters. The van der Waals surface area contributed by atoms with Crippen molar-refractivity contribution in [1.82, 2.24) is 0 Å². The molecule has 0 aromatic carbocycles. The zero-order valence-electron chi connectivity index (χ0n) is 7.04. The summed E-state index contributed by atoms with van der Waals surface area (Å²) in [5.41, 5.74) is 13.5. The van der Waals surface area contributed by atoms with Crippen molar-refractivity contribution in [3.8, 4) is 0 Å². The second kappa shape index (κ2) is 11.9. The van der Waals surface area contributed by atoms with E-state index >= 15 is 0 Å². The average molecular weight is 244 g/mol. The van der Waals surface area contributed by atoms with Crippen LogP contribution in [-0.4, -0.2) is 21.4 Å². The maximum absolute atomic E-state index is 6.75. The molecule has 0 heterocycles. The van der Waals surface area contributed by atoms with Gasteiger partial charge in [0.05, 0.1) is 0 Å². The summed E-state index contributed by atoms with van der Waals surface area (Å²) in [6, 6.07) is 0. The quantitative estimate of drug-likeness (QED) is 0.415. The van der Waals surface area contributed by atoms with Gasteiger partial charge in [-0.25, -0.2) is 0 Å². The second-order valence-corrected chi connectivity index (χ2v) is 14.1. The van der Waals surface area contributed by atoms with E-state index in [0.717, 1.165) is 0 Å². The summed E-state index contributed by atoms with van der Waals surface area (Å²) in [4.78, 5) is 1.50. The molecule has 0 rings (SSSR count). The van der Waals surface area contributed by atoms with Gasteiger partial charge in [-0.05, 0) is 0 Å². The molecule has 0 aliphatic heterocycles. The van der Waals surface area contributed by atoms with Gasteiger partial charge < -0.3 is 11.1 Å². The minimum Gasteiger partial charge on any atom is -0.373 e. The predicted molar refractivity (Wildman–Crippen MR) is 47.3 cm³/mol. The van der Waals surface area contributed by atoms with E-state index < -0.39 is 21.4 Å². The van der Waals surface area contributed by atoms with Crippen LogP contribution in [0.5, 0.6) is 0 Å². The number of hydrogen-bond acceptors (Lipinski definition) is 0. The molecule has 0 saturated heterocycles. The molecule has 0 bridgehead atoms. The maximum Gasteiger partial charge on any atom is -0.255 e. The van der Waals surface area contributed by atoms with E-state index in [9.17, 15) is 0 Å². The molecule has 0 amide bonds. The Morgan fingerprint density at radius 2 is 1.20 bits per heavy atom. The first kappa shape index (κ1) is 12.8. The van der Waals surface area contributed by atoms with Crippen molar-refractivity contribution in [3.05, 3.63) is 16.0 Å². The number of hydrogen-bond donors (Lipinski definition) is 0. The van der Waals surface area contributed by atoms with Crippen LogP contribution in [0.15, 0.2) is 0 Å². The molecule has 10 heavy (non-hydrogen) atoms. The van der Waals surface area contributed by atoms with Gasteiger partial charge in [0.15, 0.2) is 0 Å². The van der Waals surface area contributed by atoms with E-state index in [2.05, 4.69) is 20.8 Å². The predicted octanol–water partition coefficient (Wildman–Crippen LogP) is 3.41. The molecule has 58 valence electrons. The Hall–Kier alpha value is 0.180. The van der Waals surface area contributed by atoms with Crippen LogP contribution in [0.1, 0.15) is 20.8 Å². The summed E-state index contributed by atoms with van der Waals surface area (Å²) >= 11 is -0.764. The normalized spacial score (nSPS) is 7.10. The van der Waals surface area contributed by atoms with E-state index in [1.165, 1.54) is 4.91 Å². The Morgan fingerprint density at radius 1 is 1.00 bits per heavy atom. The summed E-state index contributed by atoms with van der Waals surface area (Å²) in [5.74, 6) is 0. The van der Waals surface area contributed by atoms with Gasteiger partial charge in [0.2, 0.25) is 0 Å². The monoisotopic (exact) mass is 244 g/mol. The molecular formula is C6H15InN3-. The van der Waals surface area contributed by atoms with Crippen molar-refractivity contribution in [2.24, 2.45) is 0 Å². The van der Waals surface area contributed by atoms with Gasteiger partial charge in [-0.15, -0.1) is 0 Å². The summed E-state index contributed by atoms with van der Waals surface area (Å²) in [5, 5.41) is 0. The molecule has 0 atom stereocenters. The smallest absolute Gasteiger partial charge is 0.255 e. The zero-order chi connectivity index (χ0) is 8.41. The first-order valence-electron chi connectivity index (χ1n) is 3.75. The molecule has 0 saturated carbocycles.